The number of pyridine rings is 1. The number of halogens is 3. The molecule has 7 heteroatoms. The lowest BCUT2D eigenvalue weighted by Gasteiger charge is -2.11. The molecule has 0 amide bonds. The molecule has 0 saturated heterocycles. The van der Waals surface area contributed by atoms with Crippen LogP contribution in [0.25, 0.3) is 22.6 Å². The van der Waals surface area contributed by atoms with Crippen molar-refractivity contribution in [1.29, 1.82) is 0 Å². The van der Waals surface area contributed by atoms with Gasteiger partial charge in [0.2, 0.25) is 0 Å². The predicted molar refractivity (Wildman–Crippen MR) is 85.3 cm³/mol. The molecule has 1 N–H and O–H groups in total. The molecule has 0 aliphatic carbocycles. The Morgan fingerprint density at radius 2 is 2.00 bits per heavy atom. The topological polar surface area (TPSA) is 50.9 Å². The number of imidazole rings is 1. The van der Waals surface area contributed by atoms with Crippen molar-refractivity contribution in [1.82, 2.24) is 14.5 Å². The SMILES string of the molecule is CCn1c(-c2c(O)c(Cl)cc(Cl)c2Cl)nc2cccnc21. The van der Waals surface area contributed by atoms with Crippen LogP contribution in [0.1, 0.15) is 6.92 Å². The molecule has 0 saturated carbocycles. The van der Waals surface area contributed by atoms with E-state index < -0.39 is 0 Å². The fraction of sp³-hybridized carbons (Fsp3) is 0.143. The van der Waals surface area contributed by atoms with E-state index >= 15 is 0 Å². The molecular weight excluding hydrogens is 333 g/mol. The van der Waals surface area contributed by atoms with Crippen LogP contribution in [0.5, 0.6) is 5.75 Å². The van der Waals surface area contributed by atoms with Gasteiger partial charge in [0.25, 0.3) is 0 Å². The Balaban J connectivity index is 2.41. The Morgan fingerprint density at radius 1 is 1.24 bits per heavy atom. The molecule has 0 atom stereocenters. The molecule has 4 nitrogen and oxygen atoms in total. The second-order valence-electron chi connectivity index (χ2n) is 4.40. The fourth-order valence-electron chi connectivity index (χ4n) is 2.24. The number of hydrogen-bond acceptors (Lipinski definition) is 3. The van der Waals surface area contributed by atoms with Crippen LogP contribution in [0.3, 0.4) is 0 Å². The molecule has 0 unspecified atom stereocenters. The van der Waals surface area contributed by atoms with Gasteiger partial charge in [-0.1, -0.05) is 34.8 Å². The van der Waals surface area contributed by atoms with Gasteiger partial charge in [0.1, 0.15) is 17.1 Å². The summed E-state index contributed by atoms with van der Waals surface area (Å²) >= 11 is 18.3. The number of fused-ring (bicyclic) bond motifs is 1. The number of nitrogens with zero attached hydrogens (tertiary/aromatic N) is 3. The summed E-state index contributed by atoms with van der Waals surface area (Å²) in [6.45, 7) is 2.57. The lowest BCUT2D eigenvalue weighted by atomic mass is 10.2. The van der Waals surface area contributed by atoms with Gasteiger partial charge in [-0.3, -0.25) is 0 Å². The highest BCUT2D eigenvalue weighted by Gasteiger charge is 2.22. The summed E-state index contributed by atoms with van der Waals surface area (Å²) in [7, 11) is 0. The maximum atomic E-state index is 10.3. The predicted octanol–water partition coefficient (Wildman–Crippen LogP) is 4.78. The van der Waals surface area contributed by atoms with E-state index in [-0.39, 0.29) is 20.8 Å². The van der Waals surface area contributed by atoms with Crippen LogP contribution in [-0.4, -0.2) is 19.6 Å². The first-order chi connectivity index (χ1) is 10.0. The van der Waals surface area contributed by atoms with Gasteiger partial charge in [-0.05, 0) is 25.1 Å². The Hall–Kier alpha value is -1.49. The first-order valence-electron chi connectivity index (χ1n) is 6.22. The zero-order valence-corrected chi connectivity index (χ0v) is 13.2. The van der Waals surface area contributed by atoms with E-state index in [1.807, 2.05) is 17.6 Å². The van der Waals surface area contributed by atoms with E-state index in [1.54, 1.807) is 12.3 Å². The molecule has 0 bridgehead atoms. The third-order valence-electron chi connectivity index (χ3n) is 3.19. The number of benzene rings is 1. The highest BCUT2D eigenvalue weighted by atomic mass is 35.5. The van der Waals surface area contributed by atoms with Crippen LogP contribution in [0.2, 0.25) is 15.1 Å². The van der Waals surface area contributed by atoms with Crippen molar-refractivity contribution < 1.29 is 5.11 Å². The summed E-state index contributed by atoms with van der Waals surface area (Å²) < 4.78 is 1.85. The number of aromatic nitrogens is 3. The van der Waals surface area contributed by atoms with Crippen LogP contribution in [0.15, 0.2) is 24.4 Å². The quantitative estimate of drug-likeness (QED) is 0.682. The molecule has 0 spiro atoms. The Bertz CT molecular complexity index is 819. The minimum Gasteiger partial charge on any atom is -0.506 e. The van der Waals surface area contributed by atoms with Gasteiger partial charge in [-0.25, -0.2) is 9.97 Å². The maximum Gasteiger partial charge on any atom is 0.160 e. The fourth-order valence-corrected chi connectivity index (χ4v) is 2.93. The van der Waals surface area contributed by atoms with Gasteiger partial charge in [-0.2, -0.15) is 0 Å². The van der Waals surface area contributed by atoms with Gasteiger partial charge >= 0.3 is 0 Å². The first kappa shape index (κ1) is 14.4. The molecule has 3 aromatic rings. The third kappa shape index (κ3) is 2.24. The molecular formula is C14H10Cl3N3O. The molecule has 21 heavy (non-hydrogen) atoms. The highest BCUT2D eigenvalue weighted by Crippen LogP contribution is 2.44. The van der Waals surface area contributed by atoms with E-state index in [0.29, 0.717) is 29.1 Å². The zero-order chi connectivity index (χ0) is 15.1. The summed E-state index contributed by atoms with van der Waals surface area (Å²) in [5, 5.41) is 10.9. The number of aryl methyl sites for hydroxylation is 1. The van der Waals surface area contributed by atoms with Crippen LogP contribution in [0, 0.1) is 0 Å². The Morgan fingerprint density at radius 3 is 2.71 bits per heavy atom. The summed E-state index contributed by atoms with van der Waals surface area (Å²) in [5.41, 5.74) is 1.73. The average molecular weight is 343 g/mol. The van der Waals surface area contributed by atoms with Crippen molar-refractivity contribution >= 4 is 46.0 Å². The van der Waals surface area contributed by atoms with Crippen molar-refractivity contribution in [3.05, 3.63) is 39.5 Å². The van der Waals surface area contributed by atoms with Gasteiger partial charge in [0.15, 0.2) is 5.65 Å². The minimum atomic E-state index is -0.143. The second-order valence-corrected chi connectivity index (χ2v) is 5.60. The molecule has 0 fully saturated rings. The highest BCUT2D eigenvalue weighted by molar-refractivity contribution is 6.45. The van der Waals surface area contributed by atoms with Crippen molar-refractivity contribution in [2.24, 2.45) is 0 Å². The van der Waals surface area contributed by atoms with Crippen molar-refractivity contribution in [3.63, 3.8) is 0 Å². The van der Waals surface area contributed by atoms with E-state index in [9.17, 15) is 5.11 Å². The number of phenols is 1. The molecule has 0 aliphatic heterocycles. The number of rotatable bonds is 2. The summed E-state index contributed by atoms with van der Waals surface area (Å²) in [4.78, 5) is 8.81. The maximum absolute atomic E-state index is 10.3. The molecule has 2 heterocycles. The molecule has 1 aromatic carbocycles. The molecule has 2 aromatic heterocycles. The lowest BCUT2D eigenvalue weighted by molar-refractivity contribution is 0.477. The van der Waals surface area contributed by atoms with Gasteiger partial charge < -0.3 is 9.67 Å². The average Bonchev–Trinajstić information content (AvgIpc) is 2.83. The van der Waals surface area contributed by atoms with Gasteiger partial charge in [0, 0.05) is 12.7 Å². The lowest BCUT2D eigenvalue weighted by Crippen LogP contribution is -1.99. The molecule has 108 valence electrons. The second kappa shape index (κ2) is 5.37. The summed E-state index contributed by atoms with van der Waals surface area (Å²) in [6.07, 6.45) is 1.69. The molecule has 0 aliphatic rings. The number of phenolic OH excluding ortho intramolecular Hbond substituents is 1. The van der Waals surface area contributed by atoms with Crippen LogP contribution >= 0.6 is 34.8 Å². The van der Waals surface area contributed by atoms with Crippen LogP contribution in [-0.2, 0) is 6.54 Å². The Labute approximate surface area is 135 Å². The smallest absolute Gasteiger partial charge is 0.160 e. The zero-order valence-electron chi connectivity index (χ0n) is 10.9. The largest absolute Gasteiger partial charge is 0.506 e. The minimum absolute atomic E-state index is 0.127. The Kier molecular flexibility index (Phi) is 3.69. The number of hydrogen-bond donors (Lipinski definition) is 1. The third-order valence-corrected chi connectivity index (χ3v) is 4.26. The van der Waals surface area contributed by atoms with Gasteiger partial charge in [-0.15, -0.1) is 0 Å². The first-order valence-corrected chi connectivity index (χ1v) is 7.36. The van der Waals surface area contributed by atoms with E-state index in [4.69, 9.17) is 34.8 Å². The van der Waals surface area contributed by atoms with E-state index in [0.717, 1.165) is 0 Å². The normalized spacial score (nSPS) is 11.2. The molecule has 3 rings (SSSR count). The monoisotopic (exact) mass is 341 g/mol. The molecule has 0 radical (unpaired) electrons. The van der Waals surface area contributed by atoms with Crippen molar-refractivity contribution in [3.8, 4) is 17.1 Å². The van der Waals surface area contributed by atoms with E-state index in [1.165, 1.54) is 6.07 Å². The van der Waals surface area contributed by atoms with E-state index in [2.05, 4.69) is 9.97 Å². The summed E-state index contributed by atoms with van der Waals surface area (Å²) in [6, 6.07) is 5.04. The van der Waals surface area contributed by atoms with Gasteiger partial charge in [0.05, 0.1) is 20.6 Å². The summed E-state index contributed by atoms with van der Waals surface area (Å²) in [5.74, 6) is 0.342. The van der Waals surface area contributed by atoms with Crippen molar-refractivity contribution in [2.75, 3.05) is 0 Å². The van der Waals surface area contributed by atoms with Crippen LogP contribution in [0.4, 0.5) is 0 Å². The van der Waals surface area contributed by atoms with Crippen molar-refractivity contribution in [2.45, 2.75) is 13.5 Å². The van der Waals surface area contributed by atoms with Crippen LogP contribution < -0.4 is 0 Å². The standard InChI is InChI=1S/C14H10Cl3N3O/c1-2-20-13-9(4-3-5-18-13)19-14(20)10-11(17)7(15)6-8(16)12(10)21/h3-6,21H,2H2,1H3. The number of aromatic hydroxyl groups is 1.